The lowest BCUT2D eigenvalue weighted by Gasteiger charge is -2.17. The van der Waals surface area contributed by atoms with Gasteiger partial charge in [-0.2, -0.15) is 0 Å². The van der Waals surface area contributed by atoms with E-state index in [0.717, 1.165) is 6.42 Å². The van der Waals surface area contributed by atoms with E-state index >= 15 is 0 Å². The first-order valence-electron chi connectivity index (χ1n) is 6.23. The number of benzene rings is 1. The molecule has 1 aromatic rings. The quantitative estimate of drug-likeness (QED) is 0.770. The van der Waals surface area contributed by atoms with E-state index < -0.39 is 6.10 Å². The van der Waals surface area contributed by atoms with E-state index in [4.69, 9.17) is 9.84 Å². The number of hydrogen-bond acceptors (Lipinski definition) is 4. The molecule has 4 nitrogen and oxygen atoms in total. The largest absolute Gasteiger partial charge is 0.394 e. The van der Waals surface area contributed by atoms with E-state index in [0.29, 0.717) is 18.4 Å². The molecule has 0 bridgehead atoms. The number of hydrogen-bond donors (Lipinski definition) is 2. The van der Waals surface area contributed by atoms with Gasteiger partial charge in [-0.05, 0) is 12.8 Å². The molecule has 3 atom stereocenters. The van der Waals surface area contributed by atoms with Gasteiger partial charge in [0.25, 0.3) is 0 Å². The van der Waals surface area contributed by atoms with E-state index in [1.54, 1.807) is 12.1 Å². The topological polar surface area (TPSA) is 66.8 Å². The minimum Gasteiger partial charge on any atom is -0.394 e. The minimum absolute atomic E-state index is 0.0553. The third kappa shape index (κ3) is 3.16. The number of carbonyl (C=O) groups is 1. The summed E-state index contributed by atoms with van der Waals surface area (Å²) in [6, 6.07) is 9.12. The number of aliphatic hydroxyl groups excluding tert-OH is 2. The number of aliphatic hydroxyl groups is 2. The normalized spacial score (nSPS) is 25.0. The Morgan fingerprint density at radius 3 is 2.72 bits per heavy atom. The van der Waals surface area contributed by atoms with Crippen LogP contribution in [-0.2, 0) is 4.74 Å². The second kappa shape index (κ2) is 6.09. The van der Waals surface area contributed by atoms with Crippen LogP contribution < -0.4 is 0 Å². The molecular weight excluding hydrogens is 232 g/mol. The number of rotatable bonds is 5. The van der Waals surface area contributed by atoms with Crippen molar-refractivity contribution in [2.75, 3.05) is 6.61 Å². The van der Waals surface area contributed by atoms with Crippen LogP contribution >= 0.6 is 0 Å². The second-order valence-electron chi connectivity index (χ2n) is 4.62. The summed E-state index contributed by atoms with van der Waals surface area (Å²) in [5.74, 6) is 0.0553. The van der Waals surface area contributed by atoms with E-state index in [1.807, 2.05) is 18.2 Å². The zero-order valence-electron chi connectivity index (χ0n) is 10.2. The predicted octanol–water partition coefficient (Wildman–Crippen LogP) is 1.16. The van der Waals surface area contributed by atoms with Crippen LogP contribution in [0.25, 0.3) is 0 Å². The Morgan fingerprint density at radius 1 is 1.33 bits per heavy atom. The molecule has 0 saturated carbocycles. The summed E-state index contributed by atoms with van der Waals surface area (Å²) in [6.07, 6.45) is 0.433. The predicted molar refractivity (Wildman–Crippen MR) is 66.4 cm³/mol. The van der Waals surface area contributed by atoms with Crippen LogP contribution in [0.4, 0.5) is 0 Å². The molecule has 2 N–H and O–H groups in total. The Labute approximate surface area is 106 Å². The van der Waals surface area contributed by atoms with Gasteiger partial charge in [-0.3, -0.25) is 4.79 Å². The summed E-state index contributed by atoms with van der Waals surface area (Å²) in [5.41, 5.74) is 0.687. The molecule has 1 heterocycles. The molecule has 0 aromatic heterocycles. The molecule has 0 spiro atoms. The summed E-state index contributed by atoms with van der Waals surface area (Å²) in [7, 11) is 0. The zero-order valence-corrected chi connectivity index (χ0v) is 10.2. The molecule has 3 unspecified atom stereocenters. The maximum atomic E-state index is 12.0. The zero-order chi connectivity index (χ0) is 13.0. The summed E-state index contributed by atoms with van der Waals surface area (Å²) >= 11 is 0. The van der Waals surface area contributed by atoms with Crippen LogP contribution in [0.15, 0.2) is 30.3 Å². The Balaban J connectivity index is 1.87. The highest BCUT2D eigenvalue weighted by Crippen LogP contribution is 2.25. The third-order valence-electron chi connectivity index (χ3n) is 3.27. The lowest BCUT2D eigenvalue weighted by atomic mass is 10.0. The van der Waals surface area contributed by atoms with Crippen LogP contribution in [0.3, 0.4) is 0 Å². The number of carbonyl (C=O) groups excluding carboxylic acids is 1. The molecule has 1 aliphatic rings. The molecule has 2 rings (SSSR count). The van der Waals surface area contributed by atoms with Gasteiger partial charge in [0.15, 0.2) is 5.78 Å². The Hall–Kier alpha value is -1.23. The van der Waals surface area contributed by atoms with E-state index in [-0.39, 0.29) is 24.6 Å². The SMILES string of the molecule is O=C(CC1CCC(C(O)CO)O1)c1ccccc1. The monoisotopic (exact) mass is 250 g/mol. The van der Waals surface area contributed by atoms with Crippen molar-refractivity contribution in [1.29, 1.82) is 0 Å². The van der Waals surface area contributed by atoms with Crippen molar-refractivity contribution in [3.8, 4) is 0 Å². The second-order valence-corrected chi connectivity index (χ2v) is 4.62. The van der Waals surface area contributed by atoms with Crippen LogP contribution in [0.2, 0.25) is 0 Å². The van der Waals surface area contributed by atoms with Crippen molar-refractivity contribution in [2.24, 2.45) is 0 Å². The molecule has 1 aromatic carbocycles. The lowest BCUT2D eigenvalue weighted by Crippen LogP contribution is -2.29. The number of Topliss-reactive ketones (excluding diaryl/α,β-unsaturated/α-hetero) is 1. The summed E-state index contributed by atoms with van der Waals surface area (Å²) in [5, 5.41) is 18.3. The van der Waals surface area contributed by atoms with Gasteiger partial charge in [-0.15, -0.1) is 0 Å². The molecule has 0 aliphatic carbocycles. The third-order valence-corrected chi connectivity index (χ3v) is 3.27. The van der Waals surface area contributed by atoms with Crippen LogP contribution in [0.1, 0.15) is 29.6 Å². The molecule has 4 heteroatoms. The van der Waals surface area contributed by atoms with Gasteiger partial charge in [0, 0.05) is 12.0 Å². The van der Waals surface area contributed by atoms with Crippen LogP contribution in [0, 0.1) is 0 Å². The number of ketones is 1. The minimum atomic E-state index is -0.846. The summed E-state index contributed by atoms with van der Waals surface area (Å²) in [4.78, 5) is 12.0. The van der Waals surface area contributed by atoms with Crippen molar-refractivity contribution >= 4 is 5.78 Å². The highest BCUT2D eigenvalue weighted by Gasteiger charge is 2.31. The van der Waals surface area contributed by atoms with Gasteiger partial charge in [0.1, 0.15) is 6.10 Å². The maximum absolute atomic E-state index is 12.0. The van der Waals surface area contributed by atoms with Crippen LogP contribution in [0.5, 0.6) is 0 Å². The molecule has 1 aliphatic heterocycles. The first-order valence-corrected chi connectivity index (χ1v) is 6.23. The van der Waals surface area contributed by atoms with Gasteiger partial charge < -0.3 is 14.9 Å². The average Bonchev–Trinajstić information content (AvgIpc) is 2.87. The van der Waals surface area contributed by atoms with Crippen LogP contribution in [-0.4, -0.2) is 40.9 Å². The summed E-state index contributed by atoms with van der Waals surface area (Å²) in [6.45, 7) is -0.302. The lowest BCUT2D eigenvalue weighted by molar-refractivity contribution is -0.0531. The van der Waals surface area contributed by atoms with Crippen molar-refractivity contribution < 1.29 is 19.7 Å². The van der Waals surface area contributed by atoms with Crippen molar-refractivity contribution in [1.82, 2.24) is 0 Å². The van der Waals surface area contributed by atoms with Gasteiger partial charge in [0.05, 0.1) is 18.8 Å². The maximum Gasteiger partial charge on any atom is 0.165 e. The Bertz CT molecular complexity index is 390. The van der Waals surface area contributed by atoms with Gasteiger partial charge in [0.2, 0.25) is 0 Å². The highest BCUT2D eigenvalue weighted by molar-refractivity contribution is 5.96. The first kappa shape index (κ1) is 13.2. The van der Waals surface area contributed by atoms with E-state index in [2.05, 4.69) is 0 Å². The first-order chi connectivity index (χ1) is 8.70. The molecule has 1 saturated heterocycles. The van der Waals surface area contributed by atoms with Crippen molar-refractivity contribution in [3.05, 3.63) is 35.9 Å². The fourth-order valence-electron chi connectivity index (χ4n) is 2.23. The van der Waals surface area contributed by atoms with Crippen molar-refractivity contribution in [2.45, 2.75) is 37.6 Å². The van der Waals surface area contributed by atoms with Gasteiger partial charge in [-0.25, -0.2) is 0 Å². The Kier molecular flexibility index (Phi) is 4.47. The molecule has 0 radical (unpaired) electrons. The van der Waals surface area contributed by atoms with Crippen molar-refractivity contribution in [3.63, 3.8) is 0 Å². The fourth-order valence-corrected chi connectivity index (χ4v) is 2.23. The molecule has 18 heavy (non-hydrogen) atoms. The van der Waals surface area contributed by atoms with Gasteiger partial charge in [-0.1, -0.05) is 30.3 Å². The van der Waals surface area contributed by atoms with E-state index in [9.17, 15) is 9.90 Å². The molecule has 0 amide bonds. The molecular formula is C14H18O4. The smallest absolute Gasteiger partial charge is 0.165 e. The summed E-state index contributed by atoms with van der Waals surface area (Å²) < 4.78 is 5.58. The highest BCUT2D eigenvalue weighted by atomic mass is 16.5. The standard InChI is InChI=1S/C14H18O4/c15-9-13(17)14-7-6-11(18-14)8-12(16)10-4-2-1-3-5-10/h1-5,11,13-15,17H,6-9H2. The Morgan fingerprint density at radius 2 is 2.06 bits per heavy atom. The average molecular weight is 250 g/mol. The molecule has 1 fully saturated rings. The molecule has 98 valence electrons. The fraction of sp³-hybridized carbons (Fsp3) is 0.500. The van der Waals surface area contributed by atoms with E-state index in [1.165, 1.54) is 0 Å². The number of ether oxygens (including phenoxy) is 1. The van der Waals surface area contributed by atoms with Gasteiger partial charge >= 0.3 is 0 Å².